The highest BCUT2D eigenvalue weighted by Crippen LogP contribution is 2.37. The van der Waals surface area contributed by atoms with E-state index in [-0.39, 0.29) is 5.75 Å². The second-order valence-corrected chi connectivity index (χ2v) is 5.23. The van der Waals surface area contributed by atoms with E-state index in [2.05, 4.69) is 17.2 Å². The number of nitrogens with one attached hydrogen (secondary N) is 1. The molecular weight excluding hydrogens is 306 g/mol. The predicted octanol–water partition coefficient (Wildman–Crippen LogP) is 2.90. The molecule has 128 valence electrons. The molecule has 0 spiro atoms. The molecule has 0 aliphatic heterocycles. The van der Waals surface area contributed by atoms with E-state index in [1.807, 2.05) is 24.3 Å². The van der Waals surface area contributed by atoms with Crippen LogP contribution >= 0.6 is 0 Å². The average molecular weight is 329 g/mol. The number of aromatic hydroxyl groups is 1. The first kappa shape index (κ1) is 17.5. The molecule has 0 radical (unpaired) electrons. The van der Waals surface area contributed by atoms with Gasteiger partial charge in [0.05, 0.1) is 20.8 Å². The van der Waals surface area contributed by atoms with Crippen molar-refractivity contribution in [3.05, 3.63) is 47.5 Å². The van der Waals surface area contributed by atoms with Crippen LogP contribution in [0.1, 0.15) is 18.1 Å². The lowest BCUT2D eigenvalue weighted by atomic mass is 10.1. The third-order valence-corrected chi connectivity index (χ3v) is 3.61. The first-order chi connectivity index (χ1) is 11.6. The van der Waals surface area contributed by atoms with Gasteiger partial charge in [-0.05, 0) is 41.8 Å². The fraction of sp³-hybridized carbons (Fsp3) is 0.278. The van der Waals surface area contributed by atoms with Gasteiger partial charge in [0.1, 0.15) is 0 Å². The van der Waals surface area contributed by atoms with Gasteiger partial charge in [0, 0.05) is 5.69 Å². The number of phenols is 1. The van der Waals surface area contributed by atoms with Crippen molar-refractivity contribution in [3.8, 4) is 17.2 Å². The van der Waals surface area contributed by atoms with Gasteiger partial charge in [-0.3, -0.25) is 0 Å². The number of guanidine groups is 1. The summed E-state index contributed by atoms with van der Waals surface area (Å²) in [5.41, 5.74) is 8.88. The minimum absolute atomic E-state index is 0.0326. The van der Waals surface area contributed by atoms with Crippen LogP contribution in [-0.4, -0.2) is 25.3 Å². The zero-order valence-electron chi connectivity index (χ0n) is 14.2. The van der Waals surface area contributed by atoms with Gasteiger partial charge in [-0.1, -0.05) is 19.1 Å². The van der Waals surface area contributed by atoms with Crippen LogP contribution in [0.5, 0.6) is 17.2 Å². The quantitative estimate of drug-likeness (QED) is 0.560. The van der Waals surface area contributed by atoms with E-state index in [0.717, 1.165) is 17.7 Å². The molecule has 0 saturated heterocycles. The number of nitrogens with two attached hydrogens (primary N) is 1. The zero-order valence-corrected chi connectivity index (χ0v) is 14.2. The molecule has 2 rings (SSSR count). The fourth-order valence-corrected chi connectivity index (χ4v) is 2.23. The summed E-state index contributed by atoms with van der Waals surface area (Å²) in [6.45, 7) is 2.44. The van der Waals surface area contributed by atoms with Crippen molar-refractivity contribution < 1.29 is 14.6 Å². The van der Waals surface area contributed by atoms with Crippen LogP contribution < -0.4 is 20.5 Å². The summed E-state index contributed by atoms with van der Waals surface area (Å²) in [6, 6.07) is 11.4. The highest BCUT2D eigenvalue weighted by atomic mass is 16.5. The van der Waals surface area contributed by atoms with Gasteiger partial charge in [-0.25, -0.2) is 4.99 Å². The van der Waals surface area contributed by atoms with Gasteiger partial charge in [0.25, 0.3) is 0 Å². The van der Waals surface area contributed by atoms with E-state index in [1.54, 1.807) is 12.1 Å². The van der Waals surface area contributed by atoms with Crippen molar-refractivity contribution in [1.29, 1.82) is 0 Å². The number of methoxy groups -OCH3 is 2. The Morgan fingerprint density at radius 3 is 2.17 bits per heavy atom. The maximum absolute atomic E-state index is 9.91. The van der Waals surface area contributed by atoms with Crippen molar-refractivity contribution in [2.45, 2.75) is 19.9 Å². The Morgan fingerprint density at radius 2 is 1.67 bits per heavy atom. The van der Waals surface area contributed by atoms with Gasteiger partial charge >= 0.3 is 0 Å². The molecule has 0 aromatic heterocycles. The SMILES string of the molecule is CCc1ccc(NC(N)=NCc2cc(OC)c(O)c(OC)c2)cc1. The van der Waals surface area contributed by atoms with Crippen LogP contribution in [-0.2, 0) is 13.0 Å². The van der Waals surface area contributed by atoms with Crippen LogP contribution in [0.25, 0.3) is 0 Å². The number of aryl methyl sites for hydroxylation is 1. The number of rotatable bonds is 6. The van der Waals surface area contributed by atoms with Gasteiger partial charge in [0.2, 0.25) is 5.75 Å². The molecule has 0 fully saturated rings. The third-order valence-electron chi connectivity index (χ3n) is 3.61. The molecule has 0 aliphatic carbocycles. The number of phenolic OH excluding ortho intramolecular Hbond substituents is 1. The highest BCUT2D eigenvalue weighted by molar-refractivity contribution is 5.92. The number of benzene rings is 2. The van der Waals surface area contributed by atoms with Crippen LogP contribution in [0.2, 0.25) is 0 Å². The van der Waals surface area contributed by atoms with Crippen molar-refractivity contribution >= 4 is 11.6 Å². The average Bonchev–Trinajstić information content (AvgIpc) is 2.61. The van der Waals surface area contributed by atoms with Crippen molar-refractivity contribution in [2.75, 3.05) is 19.5 Å². The first-order valence-electron chi connectivity index (χ1n) is 7.67. The zero-order chi connectivity index (χ0) is 17.5. The lowest BCUT2D eigenvalue weighted by molar-refractivity contribution is 0.339. The molecule has 4 N–H and O–H groups in total. The van der Waals surface area contributed by atoms with E-state index in [0.29, 0.717) is 24.0 Å². The molecule has 2 aromatic rings. The number of ether oxygens (including phenoxy) is 2. The summed E-state index contributed by atoms with van der Waals surface area (Å²) >= 11 is 0. The van der Waals surface area contributed by atoms with Crippen molar-refractivity contribution in [1.82, 2.24) is 0 Å². The molecule has 0 amide bonds. The maximum Gasteiger partial charge on any atom is 0.200 e. The van der Waals surface area contributed by atoms with Crippen LogP contribution in [0.15, 0.2) is 41.4 Å². The number of hydrogen-bond acceptors (Lipinski definition) is 4. The lowest BCUT2D eigenvalue weighted by Gasteiger charge is -2.11. The molecule has 6 nitrogen and oxygen atoms in total. The molecule has 24 heavy (non-hydrogen) atoms. The summed E-state index contributed by atoms with van der Waals surface area (Å²) in [4.78, 5) is 4.30. The molecule has 0 heterocycles. The maximum atomic E-state index is 9.91. The van der Waals surface area contributed by atoms with Gasteiger partial charge in [-0.15, -0.1) is 0 Å². The highest BCUT2D eigenvalue weighted by Gasteiger charge is 2.10. The Bertz CT molecular complexity index is 687. The molecule has 2 aromatic carbocycles. The van der Waals surface area contributed by atoms with Gasteiger partial charge < -0.3 is 25.6 Å². The summed E-state index contributed by atoms with van der Waals surface area (Å²) in [6.07, 6.45) is 0.994. The molecule has 6 heteroatoms. The Morgan fingerprint density at radius 1 is 1.08 bits per heavy atom. The Labute approximate surface area is 141 Å². The predicted molar refractivity (Wildman–Crippen MR) is 96.0 cm³/mol. The number of nitrogens with zero attached hydrogens (tertiary/aromatic N) is 1. The number of anilines is 1. The van der Waals surface area contributed by atoms with Crippen LogP contribution in [0, 0.1) is 0 Å². The molecular formula is C18H23N3O3. The molecule has 0 atom stereocenters. The molecule has 0 aliphatic rings. The number of aliphatic imine (C=N–C) groups is 1. The summed E-state index contributed by atoms with van der Waals surface area (Å²) in [7, 11) is 2.97. The Kier molecular flexibility index (Phi) is 5.89. The van der Waals surface area contributed by atoms with Crippen LogP contribution in [0.4, 0.5) is 5.69 Å². The topological polar surface area (TPSA) is 89.1 Å². The lowest BCUT2D eigenvalue weighted by Crippen LogP contribution is -2.22. The minimum atomic E-state index is -0.0326. The van der Waals surface area contributed by atoms with E-state index < -0.39 is 0 Å². The van der Waals surface area contributed by atoms with Crippen LogP contribution in [0.3, 0.4) is 0 Å². The van der Waals surface area contributed by atoms with E-state index >= 15 is 0 Å². The number of hydrogen-bond donors (Lipinski definition) is 3. The monoisotopic (exact) mass is 329 g/mol. The van der Waals surface area contributed by atoms with Gasteiger partial charge in [-0.2, -0.15) is 0 Å². The summed E-state index contributed by atoms with van der Waals surface area (Å²) in [5.74, 6) is 0.947. The Hall–Kier alpha value is -2.89. The molecule has 0 bridgehead atoms. The fourth-order valence-electron chi connectivity index (χ4n) is 2.23. The molecule has 0 unspecified atom stereocenters. The van der Waals surface area contributed by atoms with E-state index in [1.165, 1.54) is 19.8 Å². The first-order valence-corrected chi connectivity index (χ1v) is 7.67. The third kappa shape index (κ3) is 4.32. The molecule has 0 saturated carbocycles. The van der Waals surface area contributed by atoms with Gasteiger partial charge in [0.15, 0.2) is 17.5 Å². The largest absolute Gasteiger partial charge is 0.502 e. The standard InChI is InChI=1S/C18H23N3O3/c1-4-12-5-7-14(8-6-12)21-18(19)20-11-13-9-15(23-2)17(22)16(10-13)24-3/h5-10,22H,4,11H2,1-3H3,(H3,19,20,21). The normalized spacial score (nSPS) is 11.2. The van der Waals surface area contributed by atoms with E-state index in [9.17, 15) is 5.11 Å². The second kappa shape index (κ2) is 8.10. The van der Waals surface area contributed by atoms with Crippen molar-refractivity contribution in [3.63, 3.8) is 0 Å². The summed E-state index contributed by atoms with van der Waals surface area (Å²) < 4.78 is 10.3. The minimum Gasteiger partial charge on any atom is -0.502 e. The van der Waals surface area contributed by atoms with Crippen molar-refractivity contribution in [2.24, 2.45) is 10.7 Å². The second-order valence-electron chi connectivity index (χ2n) is 5.23. The van der Waals surface area contributed by atoms with E-state index in [4.69, 9.17) is 15.2 Å². The smallest absolute Gasteiger partial charge is 0.200 e. The Balaban J connectivity index is 2.08. The summed E-state index contributed by atoms with van der Waals surface area (Å²) in [5, 5.41) is 13.0.